The van der Waals surface area contributed by atoms with Crippen molar-refractivity contribution in [1.29, 1.82) is 0 Å². The van der Waals surface area contributed by atoms with Crippen molar-refractivity contribution in [3.63, 3.8) is 0 Å². The minimum absolute atomic E-state index is 0.458. The second-order valence-corrected chi connectivity index (χ2v) is 4.07. The lowest BCUT2D eigenvalue weighted by molar-refractivity contribution is 0.264. The van der Waals surface area contributed by atoms with Crippen LogP contribution >= 0.6 is 0 Å². The van der Waals surface area contributed by atoms with Gasteiger partial charge in [0.25, 0.3) is 0 Å². The predicted molar refractivity (Wildman–Crippen MR) is 48.1 cm³/mol. The largest absolute Gasteiger partial charge is 0.0917 e. The summed E-state index contributed by atoms with van der Waals surface area (Å²) in [6, 6.07) is 0. The molecule has 1 atom stereocenters. The summed E-state index contributed by atoms with van der Waals surface area (Å²) in [5, 5.41) is 0. The molecule has 10 heavy (non-hydrogen) atoms. The van der Waals surface area contributed by atoms with Crippen molar-refractivity contribution < 1.29 is 0 Å². The van der Waals surface area contributed by atoms with Gasteiger partial charge in [-0.05, 0) is 24.7 Å². The van der Waals surface area contributed by atoms with Gasteiger partial charge in [0.15, 0.2) is 0 Å². The fourth-order valence-corrected chi connectivity index (χ4v) is 0.694. The summed E-state index contributed by atoms with van der Waals surface area (Å²) in [6.45, 7) is 11.3. The van der Waals surface area contributed by atoms with Crippen molar-refractivity contribution in [2.24, 2.45) is 11.3 Å². The third-order valence-electron chi connectivity index (χ3n) is 2.20. The van der Waals surface area contributed by atoms with Crippen molar-refractivity contribution in [2.75, 3.05) is 0 Å². The second-order valence-electron chi connectivity index (χ2n) is 4.07. The molecule has 0 aliphatic heterocycles. The first-order valence-electron chi connectivity index (χ1n) is 4.09. The van der Waals surface area contributed by atoms with Gasteiger partial charge in [-0.1, -0.05) is 39.8 Å². The Labute approximate surface area is 65.3 Å². The normalized spacial score (nSPS) is 16.1. The van der Waals surface area contributed by atoms with Gasteiger partial charge in [-0.2, -0.15) is 0 Å². The zero-order valence-electron chi connectivity index (χ0n) is 7.94. The van der Waals surface area contributed by atoms with Crippen LogP contribution in [0.15, 0.2) is 12.2 Å². The second kappa shape index (κ2) is 3.80. The zero-order valence-corrected chi connectivity index (χ0v) is 7.94. The van der Waals surface area contributed by atoms with Gasteiger partial charge < -0.3 is 0 Å². The summed E-state index contributed by atoms with van der Waals surface area (Å²) >= 11 is 0. The van der Waals surface area contributed by atoms with Crippen LogP contribution in [0.3, 0.4) is 0 Å². The minimum Gasteiger partial charge on any atom is -0.0917 e. The Morgan fingerprint density at radius 2 is 1.80 bits per heavy atom. The number of hydrogen-bond acceptors (Lipinski definition) is 0. The Morgan fingerprint density at radius 1 is 1.30 bits per heavy atom. The van der Waals surface area contributed by atoms with E-state index in [-0.39, 0.29) is 0 Å². The Hall–Kier alpha value is -0.260. The van der Waals surface area contributed by atoms with Gasteiger partial charge in [-0.15, -0.1) is 0 Å². The lowest BCUT2D eigenvalue weighted by Gasteiger charge is -2.25. The topological polar surface area (TPSA) is 0 Å². The van der Waals surface area contributed by atoms with Crippen LogP contribution in [-0.4, -0.2) is 0 Å². The monoisotopic (exact) mass is 140 g/mol. The van der Waals surface area contributed by atoms with Crippen LogP contribution in [0.4, 0.5) is 0 Å². The van der Waals surface area contributed by atoms with Gasteiger partial charge in [0.1, 0.15) is 0 Å². The molecular formula is C10H20. The highest BCUT2D eigenvalue weighted by molar-refractivity contribution is 4.83. The van der Waals surface area contributed by atoms with Crippen LogP contribution in [0.25, 0.3) is 0 Å². The van der Waals surface area contributed by atoms with Gasteiger partial charge in [-0.3, -0.25) is 0 Å². The lowest BCUT2D eigenvalue weighted by atomic mass is 9.80. The van der Waals surface area contributed by atoms with Crippen LogP contribution in [0.2, 0.25) is 0 Å². The minimum atomic E-state index is 0.458. The van der Waals surface area contributed by atoms with E-state index < -0.39 is 0 Å². The quantitative estimate of drug-likeness (QED) is 0.514. The molecule has 0 saturated carbocycles. The fourth-order valence-electron chi connectivity index (χ4n) is 0.694. The molecule has 0 aromatic heterocycles. The smallest absolute Gasteiger partial charge is 0.0320 e. The standard InChI is InChI=1S/C10H20/c1-6-7-8-9(2)10(3,4)5/h6-7,9H,8H2,1-5H3. The van der Waals surface area contributed by atoms with Gasteiger partial charge in [-0.25, -0.2) is 0 Å². The molecule has 0 aromatic carbocycles. The Kier molecular flexibility index (Phi) is 3.70. The molecule has 0 fully saturated rings. The first kappa shape index (κ1) is 9.74. The molecule has 0 aliphatic rings. The summed E-state index contributed by atoms with van der Waals surface area (Å²) in [6.07, 6.45) is 5.58. The summed E-state index contributed by atoms with van der Waals surface area (Å²) < 4.78 is 0. The van der Waals surface area contributed by atoms with Crippen molar-refractivity contribution >= 4 is 0 Å². The molecule has 0 saturated heterocycles. The predicted octanol–water partition coefficient (Wildman–Crippen LogP) is 3.63. The first-order chi connectivity index (χ1) is 4.48. The van der Waals surface area contributed by atoms with E-state index in [0.29, 0.717) is 5.41 Å². The fraction of sp³-hybridized carbons (Fsp3) is 0.800. The van der Waals surface area contributed by atoms with E-state index in [4.69, 9.17) is 0 Å². The highest BCUT2D eigenvalue weighted by atomic mass is 14.2. The van der Waals surface area contributed by atoms with E-state index >= 15 is 0 Å². The Bertz CT molecular complexity index is 104. The SMILES string of the molecule is CC=CCC(C)C(C)(C)C. The van der Waals surface area contributed by atoms with Crippen molar-refractivity contribution in [3.8, 4) is 0 Å². The highest BCUT2D eigenvalue weighted by Crippen LogP contribution is 2.27. The summed E-state index contributed by atoms with van der Waals surface area (Å²) in [4.78, 5) is 0. The van der Waals surface area contributed by atoms with E-state index in [1.165, 1.54) is 6.42 Å². The van der Waals surface area contributed by atoms with E-state index in [2.05, 4.69) is 46.8 Å². The molecule has 0 nitrogen and oxygen atoms in total. The third kappa shape index (κ3) is 3.71. The van der Waals surface area contributed by atoms with Crippen LogP contribution in [-0.2, 0) is 0 Å². The molecule has 0 aromatic rings. The molecular weight excluding hydrogens is 120 g/mol. The third-order valence-corrected chi connectivity index (χ3v) is 2.20. The summed E-state index contributed by atoms with van der Waals surface area (Å²) in [7, 11) is 0. The Balaban J connectivity index is 3.73. The number of allylic oxidation sites excluding steroid dienone is 2. The van der Waals surface area contributed by atoms with Crippen molar-refractivity contribution in [1.82, 2.24) is 0 Å². The molecule has 0 N–H and O–H groups in total. The average Bonchev–Trinajstić information content (AvgIpc) is 1.80. The first-order valence-corrected chi connectivity index (χ1v) is 4.09. The maximum absolute atomic E-state index is 2.31. The van der Waals surface area contributed by atoms with Crippen LogP contribution in [0, 0.1) is 11.3 Å². The summed E-state index contributed by atoms with van der Waals surface area (Å²) in [5.41, 5.74) is 0.458. The van der Waals surface area contributed by atoms with Gasteiger partial charge in [0.05, 0.1) is 0 Å². The number of hydrogen-bond donors (Lipinski definition) is 0. The van der Waals surface area contributed by atoms with Crippen LogP contribution in [0.1, 0.15) is 41.0 Å². The molecule has 0 radical (unpaired) electrons. The van der Waals surface area contributed by atoms with E-state index in [9.17, 15) is 0 Å². The average molecular weight is 140 g/mol. The van der Waals surface area contributed by atoms with Crippen molar-refractivity contribution in [3.05, 3.63) is 12.2 Å². The van der Waals surface area contributed by atoms with Crippen LogP contribution in [0.5, 0.6) is 0 Å². The van der Waals surface area contributed by atoms with Gasteiger partial charge in [0.2, 0.25) is 0 Å². The molecule has 0 bridgehead atoms. The van der Waals surface area contributed by atoms with Crippen LogP contribution < -0.4 is 0 Å². The van der Waals surface area contributed by atoms with Crippen molar-refractivity contribution in [2.45, 2.75) is 41.0 Å². The Morgan fingerprint density at radius 3 is 2.10 bits per heavy atom. The lowest BCUT2D eigenvalue weighted by Crippen LogP contribution is -2.16. The molecule has 0 rings (SSSR count). The van der Waals surface area contributed by atoms with E-state index in [1.54, 1.807) is 0 Å². The molecule has 60 valence electrons. The molecule has 0 amide bonds. The van der Waals surface area contributed by atoms with Gasteiger partial charge in [0, 0.05) is 0 Å². The molecule has 0 aliphatic carbocycles. The summed E-state index contributed by atoms with van der Waals surface area (Å²) in [5.74, 6) is 0.781. The maximum atomic E-state index is 2.31. The van der Waals surface area contributed by atoms with E-state index in [0.717, 1.165) is 5.92 Å². The number of rotatable bonds is 2. The highest BCUT2D eigenvalue weighted by Gasteiger charge is 2.17. The molecule has 0 spiro atoms. The van der Waals surface area contributed by atoms with E-state index in [1.807, 2.05) is 0 Å². The molecule has 1 unspecified atom stereocenters. The molecule has 0 heteroatoms. The maximum Gasteiger partial charge on any atom is -0.0320 e. The molecule has 0 heterocycles. The van der Waals surface area contributed by atoms with Gasteiger partial charge >= 0.3 is 0 Å². The zero-order chi connectivity index (χ0) is 8.20.